The number of likely N-dealkylation sites (tertiary alicyclic amines) is 1. The van der Waals surface area contributed by atoms with Crippen LogP contribution < -0.4 is 0 Å². The molecule has 0 aliphatic carbocycles. The highest BCUT2D eigenvalue weighted by Gasteiger charge is 2.31. The molecule has 0 unspecified atom stereocenters. The maximum absolute atomic E-state index is 12.9. The second-order valence-electron chi connectivity index (χ2n) is 7.65. The Morgan fingerprint density at radius 2 is 2.00 bits per heavy atom. The minimum Gasteiger partial charge on any atom is -0.342 e. The van der Waals surface area contributed by atoms with Crippen molar-refractivity contribution in [3.05, 3.63) is 35.7 Å². The lowest BCUT2D eigenvalue weighted by molar-refractivity contribution is -0.137. The van der Waals surface area contributed by atoms with Gasteiger partial charge in [0.15, 0.2) is 0 Å². The van der Waals surface area contributed by atoms with Crippen LogP contribution in [0.2, 0.25) is 0 Å². The van der Waals surface area contributed by atoms with Crippen LogP contribution in [0.1, 0.15) is 36.3 Å². The fourth-order valence-electron chi connectivity index (χ4n) is 4.28. The maximum atomic E-state index is 12.9. The number of carbonyl (C=O) groups is 1. The first kappa shape index (κ1) is 16.4. The van der Waals surface area contributed by atoms with Gasteiger partial charge in [0, 0.05) is 56.1 Å². The van der Waals surface area contributed by atoms with E-state index in [0.717, 1.165) is 57.6 Å². The van der Waals surface area contributed by atoms with E-state index in [2.05, 4.69) is 37.2 Å². The molecule has 6 heteroatoms. The molecule has 1 saturated heterocycles. The lowest BCUT2D eigenvalue weighted by Gasteiger charge is -2.35. The van der Waals surface area contributed by atoms with E-state index in [-0.39, 0.29) is 5.92 Å². The van der Waals surface area contributed by atoms with Crippen LogP contribution in [-0.4, -0.2) is 43.2 Å². The first-order valence-corrected chi connectivity index (χ1v) is 9.39. The first-order chi connectivity index (χ1) is 12.1. The number of aromatic nitrogens is 4. The van der Waals surface area contributed by atoms with E-state index in [1.165, 1.54) is 11.4 Å². The minimum absolute atomic E-state index is 0.136. The van der Waals surface area contributed by atoms with Crippen LogP contribution in [0, 0.1) is 25.7 Å². The fraction of sp³-hybridized carbons (Fsp3) is 0.632. The molecular weight excluding hydrogens is 314 g/mol. The van der Waals surface area contributed by atoms with E-state index in [4.69, 9.17) is 0 Å². The van der Waals surface area contributed by atoms with Gasteiger partial charge >= 0.3 is 0 Å². The third-order valence-corrected chi connectivity index (χ3v) is 5.78. The molecule has 0 bridgehead atoms. The standard InChI is InChI=1S/C19H27N5O/c1-14-9-15(2)24(21-14)12-16-3-6-22(7-4-16)19(25)17-5-8-23-13-20-11-18(23)10-17/h9,11,13,16-17H,3-8,10,12H2,1-2H3/t17-/m1/s1. The van der Waals surface area contributed by atoms with Gasteiger partial charge in [-0.05, 0) is 45.1 Å². The molecule has 6 nitrogen and oxygen atoms in total. The summed E-state index contributed by atoms with van der Waals surface area (Å²) in [6.45, 7) is 7.83. The number of rotatable bonds is 3. The number of nitrogens with zero attached hydrogens (tertiary/aromatic N) is 5. The zero-order valence-electron chi connectivity index (χ0n) is 15.2. The quantitative estimate of drug-likeness (QED) is 0.860. The molecule has 0 spiro atoms. The molecule has 0 radical (unpaired) electrons. The van der Waals surface area contributed by atoms with E-state index in [0.29, 0.717) is 11.8 Å². The maximum Gasteiger partial charge on any atom is 0.226 e. The van der Waals surface area contributed by atoms with Crippen molar-refractivity contribution >= 4 is 5.91 Å². The molecular formula is C19H27N5O. The monoisotopic (exact) mass is 341 g/mol. The molecule has 1 fully saturated rings. The van der Waals surface area contributed by atoms with Gasteiger partial charge in [0.2, 0.25) is 5.91 Å². The lowest BCUT2D eigenvalue weighted by Crippen LogP contribution is -2.44. The first-order valence-electron chi connectivity index (χ1n) is 9.39. The Kier molecular flexibility index (Phi) is 4.36. The predicted octanol–water partition coefficient (Wildman–Crippen LogP) is 2.20. The molecule has 4 heterocycles. The minimum atomic E-state index is 0.136. The van der Waals surface area contributed by atoms with Crippen LogP contribution in [0.25, 0.3) is 0 Å². The van der Waals surface area contributed by atoms with Gasteiger partial charge in [-0.1, -0.05) is 0 Å². The van der Waals surface area contributed by atoms with Crippen molar-refractivity contribution in [2.75, 3.05) is 13.1 Å². The molecule has 0 N–H and O–H groups in total. The number of piperidine rings is 1. The van der Waals surface area contributed by atoms with E-state index < -0.39 is 0 Å². The Hall–Kier alpha value is -2.11. The molecule has 2 aliphatic rings. The van der Waals surface area contributed by atoms with Gasteiger partial charge < -0.3 is 9.47 Å². The van der Waals surface area contributed by atoms with Crippen molar-refractivity contribution in [1.82, 2.24) is 24.2 Å². The van der Waals surface area contributed by atoms with Crippen molar-refractivity contribution in [2.24, 2.45) is 11.8 Å². The van der Waals surface area contributed by atoms with Crippen LogP contribution in [0.3, 0.4) is 0 Å². The van der Waals surface area contributed by atoms with Gasteiger partial charge in [-0.3, -0.25) is 9.48 Å². The summed E-state index contributed by atoms with van der Waals surface area (Å²) in [5.74, 6) is 1.10. The summed E-state index contributed by atoms with van der Waals surface area (Å²) in [5.41, 5.74) is 3.51. The summed E-state index contributed by atoms with van der Waals surface area (Å²) >= 11 is 0. The molecule has 2 aromatic rings. The number of imidazole rings is 1. The Balaban J connectivity index is 1.31. The summed E-state index contributed by atoms with van der Waals surface area (Å²) in [6.07, 6.45) is 7.71. The summed E-state index contributed by atoms with van der Waals surface area (Å²) in [6, 6.07) is 2.13. The van der Waals surface area contributed by atoms with Crippen molar-refractivity contribution in [1.29, 1.82) is 0 Å². The van der Waals surface area contributed by atoms with Crippen LogP contribution in [0.5, 0.6) is 0 Å². The summed E-state index contributed by atoms with van der Waals surface area (Å²) in [5, 5.41) is 4.58. The Labute approximate surface area is 148 Å². The molecule has 0 aromatic carbocycles. The highest BCUT2D eigenvalue weighted by molar-refractivity contribution is 5.79. The zero-order chi connectivity index (χ0) is 17.4. The number of aryl methyl sites for hydroxylation is 3. The van der Waals surface area contributed by atoms with Gasteiger partial charge in [0.05, 0.1) is 12.0 Å². The number of carbonyl (C=O) groups excluding carboxylic acids is 1. The molecule has 134 valence electrons. The van der Waals surface area contributed by atoms with E-state index in [1.54, 1.807) is 0 Å². The van der Waals surface area contributed by atoms with Crippen molar-refractivity contribution in [3.63, 3.8) is 0 Å². The third kappa shape index (κ3) is 3.34. The Morgan fingerprint density at radius 1 is 1.20 bits per heavy atom. The molecule has 0 saturated carbocycles. The van der Waals surface area contributed by atoms with Crippen molar-refractivity contribution in [3.8, 4) is 0 Å². The Bertz CT molecular complexity index is 754. The zero-order valence-corrected chi connectivity index (χ0v) is 15.2. The van der Waals surface area contributed by atoms with Gasteiger partial charge in [-0.25, -0.2) is 4.98 Å². The van der Waals surface area contributed by atoms with Crippen LogP contribution in [0.15, 0.2) is 18.6 Å². The van der Waals surface area contributed by atoms with Crippen molar-refractivity contribution in [2.45, 2.75) is 52.6 Å². The van der Waals surface area contributed by atoms with E-state index >= 15 is 0 Å². The van der Waals surface area contributed by atoms with E-state index in [1.807, 2.05) is 19.4 Å². The smallest absolute Gasteiger partial charge is 0.226 e. The number of hydrogen-bond acceptors (Lipinski definition) is 3. The van der Waals surface area contributed by atoms with Gasteiger partial charge in [0.25, 0.3) is 0 Å². The summed E-state index contributed by atoms with van der Waals surface area (Å²) in [4.78, 5) is 19.2. The van der Waals surface area contributed by atoms with Crippen molar-refractivity contribution < 1.29 is 4.79 Å². The second kappa shape index (κ2) is 6.65. The predicted molar refractivity (Wildman–Crippen MR) is 95.0 cm³/mol. The number of hydrogen-bond donors (Lipinski definition) is 0. The van der Waals surface area contributed by atoms with Crippen LogP contribution in [-0.2, 0) is 24.3 Å². The molecule has 1 atom stereocenters. The Morgan fingerprint density at radius 3 is 2.72 bits per heavy atom. The fourth-order valence-corrected chi connectivity index (χ4v) is 4.28. The number of fused-ring (bicyclic) bond motifs is 1. The molecule has 2 aliphatic heterocycles. The van der Waals surface area contributed by atoms with Gasteiger partial charge in [-0.2, -0.15) is 5.10 Å². The van der Waals surface area contributed by atoms with E-state index in [9.17, 15) is 4.79 Å². The average Bonchev–Trinajstić information content (AvgIpc) is 3.20. The molecule has 4 rings (SSSR count). The van der Waals surface area contributed by atoms with Crippen LogP contribution in [0.4, 0.5) is 0 Å². The molecule has 25 heavy (non-hydrogen) atoms. The highest BCUT2D eigenvalue weighted by atomic mass is 16.2. The average molecular weight is 341 g/mol. The SMILES string of the molecule is Cc1cc(C)n(CC2CCN(C(=O)[C@@H]3CCn4cncc4C3)CC2)n1. The summed E-state index contributed by atoms with van der Waals surface area (Å²) in [7, 11) is 0. The topological polar surface area (TPSA) is 56.0 Å². The number of amides is 1. The van der Waals surface area contributed by atoms with Crippen LogP contribution >= 0.6 is 0 Å². The second-order valence-corrected chi connectivity index (χ2v) is 7.65. The van der Waals surface area contributed by atoms with Gasteiger partial charge in [0.1, 0.15) is 0 Å². The summed E-state index contributed by atoms with van der Waals surface area (Å²) < 4.78 is 4.30. The highest BCUT2D eigenvalue weighted by Crippen LogP contribution is 2.25. The third-order valence-electron chi connectivity index (χ3n) is 5.78. The molecule has 2 aromatic heterocycles. The largest absolute Gasteiger partial charge is 0.342 e. The molecule has 1 amide bonds. The normalized spacial score (nSPS) is 21.4. The lowest BCUT2D eigenvalue weighted by atomic mass is 9.91. The van der Waals surface area contributed by atoms with Gasteiger partial charge in [-0.15, -0.1) is 0 Å².